The predicted octanol–water partition coefficient (Wildman–Crippen LogP) is 4.83. The van der Waals surface area contributed by atoms with Crippen LogP contribution in [-0.4, -0.2) is 39.8 Å². The molecule has 200 valence electrons. The number of methoxy groups -OCH3 is 1. The molecule has 6 rings (SSSR count). The predicted molar refractivity (Wildman–Crippen MR) is 149 cm³/mol. The maximum absolute atomic E-state index is 14.5. The lowest BCUT2D eigenvalue weighted by Crippen LogP contribution is -2.56. The van der Waals surface area contributed by atoms with Crippen molar-refractivity contribution in [3.05, 3.63) is 86.5 Å². The van der Waals surface area contributed by atoms with E-state index in [0.29, 0.717) is 55.6 Å². The number of aromatic nitrogens is 2. The van der Waals surface area contributed by atoms with Gasteiger partial charge in [0.1, 0.15) is 17.7 Å². The number of ether oxygens (including phenoxy) is 1. The molecule has 1 aromatic heterocycles. The summed E-state index contributed by atoms with van der Waals surface area (Å²) in [6, 6.07) is 10.4. The second-order valence-electron chi connectivity index (χ2n) is 10.1. The van der Waals surface area contributed by atoms with Gasteiger partial charge in [0.05, 0.1) is 24.1 Å². The van der Waals surface area contributed by atoms with Crippen LogP contribution in [0.25, 0.3) is 0 Å². The summed E-state index contributed by atoms with van der Waals surface area (Å²) in [5, 5.41) is 7.33. The Bertz CT molecular complexity index is 1610. The first kappa shape index (κ1) is 25.5. The van der Waals surface area contributed by atoms with Gasteiger partial charge in [0.25, 0.3) is 11.8 Å². The Labute approximate surface area is 235 Å². The number of halogens is 2. The summed E-state index contributed by atoms with van der Waals surface area (Å²) < 4.78 is 5.60. The van der Waals surface area contributed by atoms with E-state index in [4.69, 9.17) is 27.9 Å². The van der Waals surface area contributed by atoms with Gasteiger partial charge in [0.2, 0.25) is 5.88 Å². The van der Waals surface area contributed by atoms with Crippen LogP contribution in [0.1, 0.15) is 42.5 Å². The third-order valence-electron chi connectivity index (χ3n) is 7.45. The first-order valence-electron chi connectivity index (χ1n) is 12.5. The van der Waals surface area contributed by atoms with Crippen LogP contribution in [-0.2, 0) is 15.1 Å². The Hall–Kier alpha value is -3.82. The molecule has 3 aliphatic rings. The highest BCUT2D eigenvalue weighted by atomic mass is 35.5. The smallest absolute Gasteiger partial charge is 0.277 e. The number of hydrogen-bond donors (Lipinski definition) is 2. The van der Waals surface area contributed by atoms with Crippen LogP contribution in [0.15, 0.2) is 54.0 Å². The van der Waals surface area contributed by atoms with E-state index in [-0.39, 0.29) is 17.9 Å². The van der Waals surface area contributed by atoms with Gasteiger partial charge in [-0.15, -0.1) is 0 Å². The summed E-state index contributed by atoms with van der Waals surface area (Å²) in [7, 11) is 1.54. The average molecular weight is 565 g/mol. The lowest BCUT2D eigenvalue weighted by molar-refractivity contribution is -0.123. The number of nitrogens with one attached hydrogen (secondary N) is 2. The molecule has 4 heterocycles. The molecule has 2 atom stereocenters. The second-order valence-corrected chi connectivity index (χ2v) is 11.0. The lowest BCUT2D eigenvalue weighted by Gasteiger charge is -2.43. The van der Waals surface area contributed by atoms with Gasteiger partial charge in [-0.25, -0.2) is 4.98 Å². The molecular weight excluding hydrogens is 539 g/mol. The molecule has 0 saturated heterocycles. The second kappa shape index (κ2) is 8.86. The van der Waals surface area contributed by atoms with E-state index in [1.165, 1.54) is 0 Å². The number of carbonyl (C=O) groups is 2. The highest BCUT2D eigenvalue weighted by Crippen LogP contribution is 2.57. The lowest BCUT2D eigenvalue weighted by atomic mass is 9.85. The minimum Gasteiger partial charge on any atom is -0.481 e. The molecule has 0 saturated carbocycles. The van der Waals surface area contributed by atoms with Crippen LogP contribution in [0, 0.1) is 13.8 Å². The standard InChI is InChI=1S/C28H26Cl2N6O3/c1-13(2)35-23-22(34-24(35)18-12-31-15(4)32-25(18)39-5)26(37)36(21-11-17(30)7-6-14(21)3)28(23)19-9-8-16(29)10-20(19)33-27(28)38/h6-13,24,34H,1-5H3,(H,33,38). The largest absolute Gasteiger partial charge is 0.481 e. The van der Waals surface area contributed by atoms with Gasteiger partial charge in [0, 0.05) is 33.5 Å². The Morgan fingerprint density at radius 2 is 1.79 bits per heavy atom. The van der Waals surface area contributed by atoms with E-state index >= 15 is 0 Å². The van der Waals surface area contributed by atoms with Crippen molar-refractivity contribution in [1.82, 2.24) is 20.2 Å². The van der Waals surface area contributed by atoms with Gasteiger partial charge in [-0.3, -0.25) is 14.5 Å². The normalized spacial score (nSPS) is 21.6. The molecule has 1 spiro atoms. The zero-order valence-electron chi connectivity index (χ0n) is 22.0. The van der Waals surface area contributed by atoms with Crippen molar-refractivity contribution in [2.75, 3.05) is 17.3 Å². The summed E-state index contributed by atoms with van der Waals surface area (Å²) in [5.74, 6) is 0.228. The molecule has 2 amide bonds. The molecule has 3 aliphatic heterocycles. The number of anilines is 2. The van der Waals surface area contributed by atoms with Gasteiger partial charge in [-0.2, -0.15) is 4.98 Å². The summed E-state index contributed by atoms with van der Waals surface area (Å²) in [6.45, 7) is 7.68. The first-order valence-corrected chi connectivity index (χ1v) is 13.2. The fraction of sp³-hybridized carbons (Fsp3) is 0.286. The zero-order valence-corrected chi connectivity index (χ0v) is 23.5. The zero-order chi connectivity index (χ0) is 27.8. The average Bonchev–Trinajstić information content (AvgIpc) is 3.49. The van der Waals surface area contributed by atoms with Crippen molar-refractivity contribution in [2.45, 2.75) is 45.4 Å². The highest BCUT2D eigenvalue weighted by molar-refractivity contribution is 6.32. The Kier molecular flexibility index (Phi) is 5.78. The molecule has 0 fully saturated rings. The summed E-state index contributed by atoms with van der Waals surface area (Å²) in [5.41, 5.74) is 2.48. The monoisotopic (exact) mass is 564 g/mol. The van der Waals surface area contributed by atoms with E-state index in [2.05, 4.69) is 20.6 Å². The molecule has 2 aromatic carbocycles. The van der Waals surface area contributed by atoms with Gasteiger partial charge in [0.15, 0.2) is 5.54 Å². The fourth-order valence-corrected chi connectivity index (χ4v) is 6.21. The number of benzene rings is 2. The van der Waals surface area contributed by atoms with Gasteiger partial charge >= 0.3 is 0 Å². The Balaban J connectivity index is 1.63. The third-order valence-corrected chi connectivity index (χ3v) is 7.92. The number of rotatable bonds is 4. The number of aryl methyl sites for hydroxylation is 2. The number of nitrogens with zero attached hydrogens (tertiary/aromatic N) is 4. The number of fused-ring (bicyclic) bond motifs is 3. The Morgan fingerprint density at radius 3 is 2.51 bits per heavy atom. The van der Waals surface area contributed by atoms with Gasteiger partial charge in [-0.1, -0.05) is 35.3 Å². The molecule has 2 N–H and O–H groups in total. The van der Waals surface area contributed by atoms with Crippen LogP contribution in [0.4, 0.5) is 11.4 Å². The van der Waals surface area contributed by atoms with Crippen molar-refractivity contribution in [1.29, 1.82) is 0 Å². The van der Waals surface area contributed by atoms with E-state index in [0.717, 1.165) is 5.56 Å². The SMILES string of the molecule is COc1nc(C)ncc1C1NC2=C(N1C(C)C)C1(C(=O)Nc3cc(Cl)ccc31)N(c1cc(Cl)ccc1C)C2=O. The summed E-state index contributed by atoms with van der Waals surface area (Å²) in [4.78, 5) is 41.2. The quantitative estimate of drug-likeness (QED) is 0.468. The van der Waals surface area contributed by atoms with E-state index in [9.17, 15) is 9.59 Å². The van der Waals surface area contributed by atoms with Crippen molar-refractivity contribution in [3.63, 3.8) is 0 Å². The molecule has 39 heavy (non-hydrogen) atoms. The van der Waals surface area contributed by atoms with E-state index in [1.807, 2.05) is 31.7 Å². The molecule has 0 aliphatic carbocycles. The van der Waals surface area contributed by atoms with Crippen molar-refractivity contribution >= 4 is 46.4 Å². The van der Waals surface area contributed by atoms with Crippen LogP contribution in [0.2, 0.25) is 10.0 Å². The van der Waals surface area contributed by atoms with Crippen LogP contribution >= 0.6 is 23.2 Å². The molecule has 0 bridgehead atoms. The topological polar surface area (TPSA) is 99.7 Å². The third kappa shape index (κ3) is 3.46. The van der Waals surface area contributed by atoms with Crippen molar-refractivity contribution in [2.24, 2.45) is 0 Å². The first-order chi connectivity index (χ1) is 18.6. The van der Waals surface area contributed by atoms with Crippen molar-refractivity contribution in [3.8, 4) is 5.88 Å². The molecule has 11 heteroatoms. The van der Waals surface area contributed by atoms with Crippen LogP contribution in [0.5, 0.6) is 5.88 Å². The van der Waals surface area contributed by atoms with E-state index in [1.54, 1.807) is 55.5 Å². The summed E-state index contributed by atoms with van der Waals surface area (Å²) in [6.07, 6.45) is 1.13. The fourth-order valence-electron chi connectivity index (χ4n) is 5.87. The number of amides is 2. The van der Waals surface area contributed by atoms with Gasteiger partial charge < -0.3 is 20.3 Å². The minimum absolute atomic E-state index is 0.143. The minimum atomic E-state index is -1.52. The Morgan fingerprint density at radius 1 is 1.08 bits per heavy atom. The number of carbonyl (C=O) groups excluding carboxylic acids is 2. The number of hydrogen-bond acceptors (Lipinski definition) is 7. The summed E-state index contributed by atoms with van der Waals surface area (Å²) >= 11 is 12.7. The van der Waals surface area contributed by atoms with E-state index < -0.39 is 11.7 Å². The maximum atomic E-state index is 14.5. The van der Waals surface area contributed by atoms with Crippen molar-refractivity contribution < 1.29 is 14.3 Å². The molecular formula is C28H26Cl2N6O3. The maximum Gasteiger partial charge on any atom is 0.277 e. The highest BCUT2D eigenvalue weighted by Gasteiger charge is 2.67. The molecule has 0 radical (unpaired) electrons. The van der Waals surface area contributed by atoms with Crippen LogP contribution in [0.3, 0.4) is 0 Å². The van der Waals surface area contributed by atoms with Crippen LogP contribution < -0.4 is 20.3 Å². The molecule has 2 unspecified atom stereocenters. The molecule has 3 aromatic rings. The molecule has 9 nitrogen and oxygen atoms in total. The van der Waals surface area contributed by atoms with Gasteiger partial charge in [-0.05, 0) is 57.5 Å².